The van der Waals surface area contributed by atoms with E-state index in [1.807, 2.05) is 0 Å². The first-order valence-electron chi connectivity index (χ1n) is 1.37. The molecular formula is C2H5ClOP. The summed E-state index contributed by atoms with van der Waals surface area (Å²) in [7, 11) is -1.38. The Morgan fingerprint density at radius 1 is 2.00 bits per heavy atom. The van der Waals surface area contributed by atoms with Crippen molar-refractivity contribution in [3.8, 4) is 0 Å². The Morgan fingerprint density at radius 2 is 2.20 bits per heavy atom. The molecule has 0 amide bonds. The first-order chi connectivity index (χ1) is 2.27. The van der Waals surface area contributed by atoms with Gasteiger partial charge in [-0.05, 0) is 11.2 Å². The van der Waals surface area contributed by atoms with Gasteiger partial charge in [-0.2, -0.15) is 0 Å². The minimum absolute atomic E-state index is 0.580. The van der Waals surface area contributed by atoms with Crippen molar-refractivity contribution in [3.05, 3.63) is 0 Å². The van der Waals surface area contributed by atoms with Crippen LogP contribution in [0.2, 0.25) is 0 Å². The molecule has 0 N–H and O–H groups in total. The molecule has 0 saturated heterocycles. The maximum absolute atomic E-state index is 9.73. The maximum Gasteiger partial charge on any atom is 0.167 e. The van der Waals surface area contributed by atoms with Crippen LogP contribution in [0, 0.1) is 0 Å². The number of hydrogen-bond acceptors (Lipinski definition) is 1. The van der Waals surface area contributed by atoms with Crippen molar-refractivity contribution in [1.29, 1.82) is 0 Å². The fourth-order valence-electron chi connectivity index (χ4n) is 0. The minimum Gasteiger partial charge on any atom is -0.270 e. The van der Waals surface area contributed by atoms with Gasteiger partial charge in [0, 0.05) is 6.16 Å². The van der Waals surface area contributed by atoms with Crippen molar-refractivity contribution < 1.29 is 4.57 Å². The molecular weight excluding hydrogens is 106 g/mol. The Labute approximate surface area is 36.9 Å². The van der Waals surface area contributed by atoms with Gasteiger partial charge in [0.1, 0.15) is 0 Å². The van der Waals surface area contributed by atoms with Gasteiger partial charge in [-0.25, -0.2) is 0 Å². The highest BCUT2D eigenvalue weighted by Crippen LogP contribution is 2.23. The predicted octanol–water partition coefficient (Wildman–Crippen LogP) is 1.99. The van der Waals surface area contributed by atoms with Gasteiger partial charge < -0.3 is 0 Å². The smallest absolute Gasteiger partial charge is 0.167 e. The molecule has 0 rings (SSSR count). The summed E-state index contributed by atoms with van der Waals surface area (Å²) in [6, 6.07) is 0. The van der Waals surface area contributed by atoms with E-state index in [9.17, 15) is 4.57 Å². The van der Waals surface area contributed by atoms with Crippen LogP contribution in [0.25, 0.3) is 0 Å². The third-order valence-corrected chi connectivity index (χ3v) is 1.46. The van der Waals surface area contributed by atoms with Crippen LogP contribution in [0.15, 0.2) is 0 Å². The highest BCUT2D eigenvalue weighted by Gasteiger charge is 1.79. The van der Waals surface area contributed by atoms with Gasteiger partial charge in [0.05, 0.1) is 0 Å². The van der Waals surface area contributed by atoms with Crippen LogP contribution >= 0.6 is 18.4 Å². The molecule has 0 aliphatic rings. The van der Waals surface area contributed by atoms with Gasteiger partial charge in [-0.1, -0.05) is 6.92 Å². The largest absolute Gasteiger partial charge is 0.270 e. The summed E-state index contributed by atoms with van der Waals surface area (Å²) in [5.74, 6) is 0. The predicted molar refractivity (Wildman–Crippen MR) is 24.0 cm³/mol. The van der Waals surface area contributed by atoms with Crippen molar-refractivity contribution in [2.24, 2.45) is 0 Å². The molecule has 0 saturated carbocycles. The van der Waals surface area contributed by atoms with Crippen molar-refractivity contribution >= 4 is 18.4 Å². The lowest BCUT2D eigenvalue weighted by Crippen LogP contribution is -1.48. The fraction of sp³-hybridized carbons (Fsp3) is 1.00. The molecule has 0 aromatic rings. The molecule has 0 spiro atoms. The van der Waals surface area contributed by atoms with E-state index in [1.165, 1.54) is 0 Å². The zero-order valence-electron chi connectivity index (χ0n) is 2.94. The molecule has 0 aliphatic heterocycles. The zero-order chi connectivity index (χ0) is 4.28. The third-order valence-electron chi connectivity index (χ3n) is 0.249. The summed E-state index contributed by atoms with van der Waals surface area (Å²) in [6.07, 6.45) is 0.580. The average molecular weight is 111 g/mol. The van der Waals surface area contributed by atoms with E-state index < -0.39 is 7.15 Å². The molecule has 0 fully saturated rings. The summed E-state index contributed by atoms with van der Waals surface area (Å²) in [5, 5.41) is 0. The standard InChI is InChI=1S/C2H5ClOP/c1-2-5(3)4/h2H2,1H3. The summed E-state index contributed by atoms with van der Waals surface area (Å²) >= 11 is 4.97. The normalized spacial score (nSPS) is 11.2. The first-order valence-corrected chi connectivity index (χ1v) is 3.72. The Kier molecular flexibility index (Phi) is 2.82. The van der Waals surface area contributed by atoms with Crippen molar-refractivity contribution in [3.63, 3.8) is 0 Å². The molecule has 0 aliphatic carbocycles. The van der Waals surface area contributed by atoms with Crippen LogP contribution < -0.4 is 0 Å². The molecule has 0 heterocycles. The molecule has 1 atom stereocenters. The second-order valence-electron chi connectivity index (χ2n) is 0.634. The molecule has 0 bridgehead atoms. The Balaban J connectivity index is 2.85. The van der Waals surface area contributed by atoms with Crippen LogP contribution in [0.5, 0.6) is 0 Å². The van der Waals surface area contributed by atoms with Gasteiger partial charge in [0.25, 0.3) is 0 Å². The van der Waals surface area contributed by atoms with E-state index in [2.05, 4.69) is 0 Å². The van der Waals surface area contributed by atoms with Gasteiger partial charge in [0.2, 0.25) is 0 Å². The van der Waals surface area contributed by atoms with E-state index >= 15 is 0 Å². The van der Waals surface area contributed by atoms with E-state index in [0.29, 0.717) is 6.16 Å². The minimum atomic E-state index is -1.38. The molecule has 3 heteroatoms. The highest BCUT2D eigenvalue weighted by molar-refractivity contribution is 7.73. The molecule has 5 heavy (non-hydrogen) atoms. The number of hydrogen-bond donors (Lipinski definition) is 0. The lowest BCUT2D eigenvalue weighted by atomic mass is 11.0. The molecule has 1 nitrogen and oxygen atoms in total. The lowest BCUT2D eigenvalue weighted by molar-refractivity contribution is 0.596. The van der Waals surface area contributed by atoms with Crippen LogP contribution in [-0.4, -0.2) is 6.16 Å². The SMILES string of the molecule is CC[P](=O)Cl. The molecule has 0 aromatic heterocycles. The molecule has 31 valence electrons. The monoisotopic (exact) mass is 111 g/mol. The molecule has 1 unspecified atom stereocenters. The first kappa shape index (κ1) is 5.39. The molecule has 0 aromatic carbocycles. The second-order valence-corrected chi connectivity index (χ2v) is 3.03. The molecule has 1 radical (unpaired) electrons. The van der Waals surface area contributed by atoms with Gasteiger partial charge in [-0.3, -0.25) is 4.57 Å². The topological polar surface area (TPSA) is 17.1 Å². The van der Waals surface area contributed by atoms with Crippen molar-refractivity contribution in [2.45, 2.75) is 6.92 Å². The van der Waals surface area contributed by atoms with Crippen LogP contribution in [0.4, 0.5) is 0 Å². The maximum atomic E-state index is 9.73. The van der Waals surface area contributed by atoms with E-state index in [4.69, 9.17) is 11.2 Å². The summed E-state index contributed by atoms with van der Waals surface area (Å²) in [5.41, 5.74) is 0. The lowest BCUT2D eigenvalue weighted by Gasteiger charge is -1.69. The van der Waals surface area contributed by atoms with Gasteiger partial charge >= 0.3 is 0 Å². The Hall–Kier alpha value is 0.390. The zero-order valence-corrected chi connectivity index (χ0v) is 4.59. The number of rotatable bonds is 1. The average Bonchev–Trinajstić information content (AvgIpc) is 1.38. The summed E-state index contributed by atoms with van der Waals surface area (Å²) in [4.78, 5) is 0. The van der Waals surface area contributed by atoms with Crippen LogP contribution in [-0.2, 0) is 4.57 Å². The van der Waals surface area contributed by atoms with E-state index in [1.54, 1.807) is 6.92 Å². The summed E-state index contributed by atoms with van der Waals surface area (Å²) < 4.78 is 9.73. The highest BCUT2D eigenvalue weighted by atomic mass is 35.7. The second kappa shape index (κ2) is 2.62. The third kappa shape index (κ3) is 4.39. The van der Waals surface area contributed by atoms with E-state index in [0.717, 1.165) is 0 Å². The van der Waals surface area contributed by atoms with Gasteiger partial charge in [0.15, 0.2) is 7.15 Å². The van der Waals surface area contributed by atoms with E-state index in [-0.39, 0.29) is 0 Å². The van der Waals surface area contributed by atoms with Crippen molar-refractivity contribution in [1.82, 2.24) is 0 Å². The van der Waals surface area contributed by atoms with Crippen LogP contribution in [0.1, 0.15) is 6.92 Å². The van der Waals surface area contributed by atoms with Gasteiger partial charge in [-0.15, -0.1) is 0 Å². The Morgan fingerprint density at radius 3 is 2.20 bits per heavy atom. The van der Waals surface area contributed by atoms with Crippen molar-refractivity contribution in [2.75, 3.05) is 6.16 Å². The van der Waals surface area contributed by atoms with Crippen LogP contribution in [0.3, 0.4) is 0 Å². The Bertz CT molecular complexity index is 44.9. The quantitative estimate of drug-likeness (QED) is 0.473. The summed E-state index contributed by atoms with van der Waals surface area (Å²) in [6.45, 7) is 1.78. The fourth-order valence-corrected chi connectivity index (χ4v) is 0. The number of halogens is 1.